The lowest BCUT2D eigenvalue weighted by Gasteiger charge is -2.12. The predicted octanol–water partition coefficient (Wildman–Crippen LogP) is 4.69. The number of rotatable bonds is 9. The number of carbonyl (C=O) groups excluding carboxylic acids is 2. The van der Waals surface area contributed by atoms with Crippen LogP contribution in [0, 0.1) is 5.92 Å². The summed E-state index contributed by atoms with van der Waals surface area (Å²) in [6.07, 6.45) is 4.08. The molecule has 0 aliphatic heterocycles. The summed E-state index contributed by atoms with van der Waals surface area (Å²) in [4.78, 5) is 23.5. The Kier molecular flexibility index (Phi) is 8.38. The van der Waals surface area contributed by atoms with E-state index in [4.69, 9.17) is 9.47 Å². The second-order valence-electron chi connectivity index (χ2n) is 6.16. The van der Waals surface area contributed by atoms with E-state index >= 15 is 0 Å². The van der Waals surface area contributed by atoms with Gasteiger partial charge in [0.2, 0.25) is 0 Å². The number of esters is 2. The maximum Gasteiger partial charge on any atom is 0.311 e. The lowest BCUT2D eigenvalue weighted by atomic mass is 10.0. The minimum absolute atomic E-state index is 0.304. The van der Waals surface area contributed by atoms with Gasteiger partial charge in [-0.1, -0.05) is 33.8 Å². The number of ether oxygens (including phenoxy) is 2. The van der Waals surface area contributed by atoms with E-state index in [0.717, 1.165) is 31.2 Å². The fourth-order valence-electron chi connectivity index (χ4n) is 2.08. The molecular formula is C19H28O4. The largest absolute Gasteiger partial charge is 0.423 e. The van der Waals surface area contributed by atoms with E-state index in [-0.39, 0.29) is 11.9 Å². The van der Waals surface area contributed by atoms with Crippen molar-refractivity contribution in [1.29, 1.82) is 0 Å². The average molecular weight is 320 g/mol. The first-order chi connectivity index (χ1) is 11.0. The fourth-order valence-corrected chi connectivity index (χ4v) is 2.08. The number of hydrogen-bond donors (Lipinski definition) is 0. The van der Waals surface area contributed by atoms with Gasteiger partial charge >= 0.3 is 11.9 Å². The van der Waals surface area contributed by atoms with E-state index in [1.807, 2.05) is 26.0 Å². The minimum atomic E-state index is -0.310. The molecule has 0 N–H and O–H groups in total. The molecule has 0 fully saturated rings. The molecule has 4 nitrogen and oxygen atoms in total. The van der Waals surface area contributed by atoms with Crippen molar-refractivity contribution in [1.82, 2.24) is 0 Å². The van der Waals surface area contributed by atoms with Crippen molar-refractivity contribution >= 4 is 11.9 Å². The Morgan fingerprint density at radius 3 is 2.04 bits per heavy atom. The fraction of sp³-hybridized carbons (Fsp3) is 0.579. The second kappa shape index (κ2) is 10.0. The molecule has 0 saturated heterocycles. The van der Waals surface area contributed by atoms with E-state index in [1.165, 1.54) is 0 Å². The standard InChI is InChI=1S/C19H28O4/c1-5-7-18(20)22-16-12-11-15(10-9-14(3)4)13-17(16)23-19(21)8-6-2/h11-14H,5-10H2,1-4H3. The van der Waals surface area contributed by atoms with E-state index in [2.05, 4.69) is 13.8 Å². The second-order valence-corrected chi connectivity index (χ2v) is 6.16. The lowest BCUT2D eigenvalue weighted by Crippen LogP contribution is -2.12. The Morgan fingerprint density at radius 2 is 1.52 bits per heavy atom. The van der Waals surface area contributed by atoms with Crippen LogP contribution in [0.5, 0.6) is 11.5 Å². The average Bonchev–Trinajstić information content (AvgIpc) is 2.48. The molecule has 23 heavy (non-hydrogen) atoms. The molecule has 0 bridgehead atoms. The van der Waals surface area contributed by atoms with E-state index in [0.29, 0.717) is 30.3 Å². The first-order valence-electron chi connectivity index (χ1n) is 8.50. The molecule has 0 aliphatic carbocycles. The van der Waals surface area contributed by atoms with Crippen LogP contribution < -0.4 is 9.47 Å². The van der Waals surface area contributed by atoms with Gasteiger partial charge in [-0.25, -0.2) is 0 Å². The maximum atomic E-state index is 11.8. The Labute approximate surface area is 139 Å². The van der Waals surface area contributed by atoms with Crippen LogP contribution in [0.2, 0.25) is 0 Å². The van der Waals surface area contributed by atoms with Crippen LogP contribution in [0.4, 0.5) is 0 Å². The monoisotopic (exact) mass is 320 g/mol. The van der Waals surface area contributed by atoms with Gasteiger partial charge in [0, 0.05) is 12.8 Å². The van der Waals surface area contributed by atoms with Crippen molar-refractivity contribution in [2.24, 2.45) is 5.92 Å². The number of carbonyl (C=O) groups is 2. The molecule has 0 amide bonds. The highest BCUT2D eigenvalue weighted by atomic mass is 16.6. The summed E-state index contributed by atoms with van der Waals surface area (Å²) in [6.45, 7) is 8.17. The van der Waals surface area contributed by atoms with E-state index < -0.39 is 0 Å². The molecule has 128 valence electrons. The minimum Gasteiger partial charge on any atom is -0.423 e. The van der Waals surface area contributed by atoms with Gasteiger partial charge in [0.1, 0.15) is 0 Å². The third kappa shape index (κ3) is 7.31. The molecular weight excluding hydrogens is 292 g/mol. The van der Waals surface area contributed by atoms with Gasteiger partial charge < -0.3 is 9.47 Å². The summed E-state index contributed by atoms with van der Waals surface area (Å²) < 4.78 is 10.7. The van der Waals surface area contributed by atoms with Crippen LogP contribution in [0.3, 0.4) is 0 Å². The molecule has 0 atom stereocenters. The molecule has 0 heterocycles. The Hall–Kier alpha value is -1.84. The predicted molar refractivity (Wildman–Crippen MR) is 90.7 cm³/mol. The first kappa shape index (κ1) is 19.2. The lowest BCUT2D eigenvalue weighted by molar-refractivity contribution is -0.137. The van der Waals surface area contributed by atoms with Crippen molar-refractivity contribution in [3.63, 3.8) is 0 Å². The first-order valence-corrected chi connectivity index (χ1v) is 8.50. The van der Waals surface area contributed by atoms with Crippen molar-refractivity contribution in [2.45, 2.75) is 66.2 Å². The molecule has 1 aromatic rings. The number of aryl methyl sites for hydroxylation is 1. The molecule has 1 aromatic carbocycles. The number of benzene rings is 1. The number of hydrogen-bond acceptors (Lipinski definition) is 4. The van der Waals surface area contributed by atoms with Crippen LogP contribution >= 0.6 is 0 Å². The van der Waals surface area contributed by atoms with Crippen molar-refractivity contribution in [2.75, 3.05) is 0 Å². The Morgan fingerprint density at radius 1 is 0.957 bits per heavy atom. The van der Waals surface area contributed by atoms with Crippen molar-refractivity contribution in [3.8, 4) is 11.5 Å². The van der Waals surface area contributed by atoms with Gasteiger partial charge in [-0.3, -0.25) is 9.59 Å². The molecule has 1 rings (SSSR count). The third-order valence-corrected chi connectivity index (χ3v) is 3.37. The molecule has 0 unspecified atom stereocenters. The van der Waals surface area contributed by atoms with Gasteiger partial charge in [0.15, 0.2) is 11.5 Å². The van der Waals surface area contributed by atoms with Crippen LogP contribution in [-0.4, -0.2) is 11.9 Å². The summed E-state index contributed by atoms with van der Waals surface area (Å²) in [5.74, 6) is 0.648. The summed E-state index contributed by atoms with van der Waals surface area (Å²) in [5, 5.41) is 0. The Bertz CT molecular complexity index is 520. The zero-order valence-corrected chi connectivity index (χ0v) is 14.7. The van der Waals surface area contributed by atoms with Crippen molar-refractivity contribution in [3.05, 3.63) is 23.8 Å². The maximum absolute atomic E-state index is 11.8. The highest BCUT2D eigenvalue weighted by Crippen LogP contribution is 2.30. The van der Waals surface area contributed by atoms with Gasteiger partial charge in [-0.05, 0) is 49.3 Å². The molecule has 0 radical (unpaired) electrons. The SMILES string of the molecule is CCCC(=O)Oc1ccc(CCC(C)C)cc1OC(=O)CCC. The molecule has 0 spiro atoms. The smallest absolute Gasteiger partial charge is 0.311 e. The van der Waals surface area contributed by atoms with E-state index in [1.54, 1.807) is 6.07 Å². The summed E-state index contributed by atoms with van der Waals surface area (Å²) in [7, 11) is 0. The molecule has 4 heteroatoms. The van der Waals surface area contributed by atoms with Crippen molar-refractivity contribution < 1.29 is 19.1 Å². The summed E-state index contributed by atoms with van der Waals surface area (Å²) in [6, 6.07) is 5.45. The highest BCUT2D eigenvalue weighted by molar-refractivity contribution is 5.76. The van der Waals surface area contributed by atoms with Crippen LogP contribution in [0.15, 0.2) is 18.2 Å². The topological polar surface area (TPSA) is 52.6 Å². The quantitative estimate of drug-likeness (QED) is 0.489. The third-order valence-electron chi connectivity index (χ3n) is 3.37. The van der Waals surface area contributed by atoms with Crippen LogP contribution in [0.25, 0.3) is 0 Å². The molecule has 0 aromatic heterocycles. The van der Waals surface area contributed by atoms with Crippen LogP contribution in [0.1, 0.15) is 65.4 Å². The zero-order chi connectivity index (χ0) is 17.2. The van der Waals surface area contributed by atoms with E-state index in [9.17, 15) is 9.59 Å². The molecule has 0 saturated carbocycles. The zero-order valence-electron chi connectivity index (χ0n) is 14.7. The van der Waals surface area contributed by atoms with Gasteiger partial charge in [0.05, 0.1) is 0 Å². The van der Waals surface area contributed by atoms with Gasteiger partial charge in [-0.2, -0.15) is 0 Å². The van der Waals surface area contributed by atoms with Gasteiger partial charge in [-0.15, -0.1) is 0 Å². The van der Waals surface area contributed by atoms with Crippen LogP contribution in [-0.2, 0) is 16.0 Å². The van der Waals surface area contributed by atoms with Gasteiger partial charge in [0.25, 0.3) is 0 Å². The molecule has 0 aliphatic rings. The highest BCUT2D eigenvalue weighted by Gasteiger charge is 2.14. The summed E-state index contributed by atoms with van der Waals surface area (Å²) >= 11 is 0. The summed E-state index contributed by atoms with van der Waals surface area (Å²) in [5.41, 5.74) is 1.08. The normalized spacial score (nSPS) is 10.7. The Balaban J connectivity index is 2.93.